The van der Waals surface area contributed by atoms with Crippen molar-refractivity contribution < 1.29 is 4.79 Å². The second-order valence-electron chi connectivity index (χ2n) is 4.62. The largest absolute Gasteiger partial charge is 0.325 e. The van der Waals surface area contributed by atoms with Crippen molar-refractivity contribution in [3.05, 3.63) is 29.3 Å². The van der Waals surface area contributed by atoms with Gasteiger partial charge in [-0.05, 0) is 44.4 Å². The summed E-state index contributed by atoms with van der Waals surface area (Å²) in [6.45, 7) is 5.39. The molecule has 1 rings (SSSR count). The highest BCUT2D eigenvalue weighted by Gasteiger charge is 2.15. The van der Waals surface area contributed by atoms with Gasteiger partial charge < -0.3 is 10.6 Å². The van der Waals surface area contributed by atoms with E-state index in [9.17, 15) is 4.79 Å². The second-order valence-corrected chi connectivity index (χ2v) is 6.57. The van der Waals surface area contributed by atoms with Crippen LogP contribution in [-0.2, 0) is 4.79 Å². The summed E-state index contributed by atoms with van der Waals surface area (Å²) in [5.74, 6) is -0.0470. The third kappa shape index (κ3) is 5.76. The number of carbonyl (C=O) groups excluding carboxylic acids is 1. The van der Waals surface area contributed by atoms with Gasteiger partial charge in [-0.3, -0.25) is 4.79 Å². The Kier molecular flexibility index (Phi) is 5.99. The van der Waals surface area contributed by atoms with Gasteiger partial charge in [-0.25, -0.2) is 0 Å². The van der Waals surface area contributed by atoms with Crippen molar-refractivity contribution in [2.45, 2.75) is 18.6 Å². The average Bonchev–Trinajstić information content (AvgIpc) is 2.32. The predicted octanol–water partition coefficient (Wildman–Crippen LogP) is 3.01. The van der Waals surface area contributed by atoms with Gasteiger partial charge in [0.25, 0.3) is 0 Å². The fourth-order valence-electron chi connectivity index (χ4n) is 1.29. The van der Waals surface area contributed by atoms with Crippen LogP contribution in [0.25, 0.3) is 0 Å². The van der Waals surface area contributed by atoms with Crippen LogP contribution in [-0.4, -0.2) is 30.0 Å². The van der Waals surface area contributed by atoms with Gasteiger partial charge in [0.2, 0.25) is 5.91 Å². The molecule has 100 valence electrons. The molecule has 1 amide bonds. The van der Waals surface area contributed by atoms with Gasteiger partial charge in [0.1, 0.15) is 0 Å². The van der Waals surface area contributed by atoms with Gasteiger partial charge in [-0.2, -0.15) is 11.8 Å². The highest BCUT2D eigenvalue weighted by molar-refractivity contribution is 7.99. The summed E-state index contributed by atoms with van der Waals surface area (Å²) in [7, 11) is 0. The molecule has 0 aromatic heterocycles. The van der Waals surface area contributed by atoms with E-state index in [1.54, 1.807) is 36.0 Å². The van der Waals surface area contributed by atoms with Crippen molar-refractivity contribution in [2.75, 3.05) is 24.7 Å². The van der Waals surface area contributed by atoms with Crippen LogP contribution in [0, 0.1) is 0 Å². The quantitative estimate of drug-likeness (QED) is 0.845. The first-order chi connectivity index (χ1) is 8.43. The summed E-state index contributed by atoms with van der Waals surface area (Å²) in [6, 6.07) is 7.07. The number of benzene rings is 1. The summed E-state index contributed by atoms with van der Waals surface area (Å²) >= 11 is 7.55. The number of nitrogens with one attached hydrogen (secondary N) is 2. The van der Waals surface area contributed by atoms with Gasteiger partial charge in [0, 0.05) is 22.0 Å². The molecule has 18 heavy (non-hydrogen) atoms. The van der Waals surface area contributed by atoms with Crippen molar-refractivity contribution in [3.63, 3.8) is 0 Å². The zero-order valence-corrected chi connectivity index (χ0v) is 12.5. The van der Waals surface area contributed by atoms with Gasteiger partial charge in [0.05, 0.1) is 6.54 Å². The second kappa shape index (κ2) is 7.02. The predicted molar refractivity (Wildman–Crippen MR) is 80.5 cm³/mol. The number of anilines is 1. The van der Waals surface area contributed by atoms with Crippen molar-refractivity contribution in [1.29, 1.82) is 0 Å². The fourth-order valence-corrected chi connectivity index (χ4v) is 1.66. The van der Waals surface area contributed by atoms with Crippen molar-refractivity contribution >= 4 is 35.0 Å². The lowest BCUT2D eigenvalue weighted by Gasteiger charge is -2.22. The highest BCUT2D eigenvalue weighted by atomic mass is 35.5. The van der Waals surface area contributed by atoms with E-state index in [0.717, 1.165) is 12.2 Å². The first-order valence-corrected chi connectivity index (χ1v) is 7.34. The Bertz CT molecular complexity index is 392. The molecular formula is C13H19ClN2OS. The van der Waals surface area contributed by atoms with E-state index in [-0.39, 0.29) is 10.7 Å². The number of hydrogen-bond donors (Lipinski definition) is 2. The van der Waals surface area contributed by atoms with Crippen LogP contribution < -0.4 is 10.6 Å². The van der Waals surface area contributed by atoms with E-state index < -0.39 is 0 Å². The summed E-state index contributed by atoms with van der Waals surface area (Å²) in [5.41, 5.74) is 0.760. The Labute approximate surface area is 118 Å². The molecule has 0 radical (unpaired) electrons. The molecule has 0 aliphatic carbocycles. The molecule has 0 saturated carbocycles. The summed E-state index contributed by atoms with van der Waals surface area (Å²) in [5, 5.41) is 6.62. The SMILES string of the molecule is CSC(C)(C)CNCC(=O)Nc1ccc(Cl)cc1. The smallest absolute Gasteiger partial charge is 0.238 e. The van der Waals surface area contributed by atoms with Gasteiger partial charge in [-0.1, -0.05) is 11.6 Å². The molecule has 0 heterocycles. The van der Waals surface area contributed by atoms with E-state index in [1.165, 1.54) is 0 Å². The highest BCUT2D eigenvalue weighted by Crippen LogP contribution is 2.19. The van der Waals surface area contributed by atoms with Crippen molar-refractivity contribution in [2.24, 2.45) is 0 Å². The minimum Gasteiger partial charge on any atom is -0.325 e. The average molecular weight is 287 g/mol. The lowest BCUT2D eigenvalue weighted by molar-refractivity contribution is -0.115. The first-order valence-electron chi connectivity index (χ1n) is 5.74. The Morgan fingerprint density at radius 2 is 1.94 bits per heavy atom. The van der Waals surface area contributed by atoms with Crippen LogP contribution in [0.3, 0.4) is 0 Å². The van der Waals surface area contributed by atoms with E-state index in [1.807, 2.05) is 0 Å². The van der Waals surface area contributed by atoms with Crippen LogP contribution in [0.2, 0.25) is 5.02 Å². The monoisotopic (exact) mass is 286 g/mol. The number of hydrogen-bond acceptors (Lipinski definition) is 3. The minimum atomic E-state index is -0.0470. The Balaban J connectivity index is 2.32. The summed E-state index contributed by atoms with van der Waals surface area (Å²) in [4.78, 5) is 11.7. The van der Waals surface area contributed by atoms with E-state index in [0.29, 0.717) is 11.6 Å². The molecule has 0 unspecified atom stereocenters. The Hall–Kier alpha value is -0.710. The molecule has 0 aliphatic heterocycles. The molecule has 0 saturated heterocycles. The maximum absolute atomic E-state index is 11.7. The maximum Gasteiger partial charge on any atom is 0.238 e. The lowest BCUT2D eigenvalue weighted by atomic mass is 10.2. The molecule has 2 N–H and O–H groups in total. The van der Waals surface area contributed by atoms with Crippen LogP contribution in [0.1, 0.15) is 13.8 Å². The van der Waals surface area contributed by atoms with E-state index in [4.69, 9.17) is 11.6 Å². The molecule has 0 atom stereocenters. The zero-order chi connectivity index (χ0) is 13.6. The number of halogens is 1. The third-order valence-corrected chi connectivity index (χ3v) is 4.02. The van der Waals surface area contributed by atoms with Gasteiger partial charge in [-0.15, -0.1) is 0 Å². The third-order valence-electron chi connectivity index (χ3n) is 2.52. The summed E-state index contributed by atoms with van der Waals surface area (Å²) < 4.78 is 0.139. The maximum atomic E-state index is 11.7. The lowest BCUT2D eigenvalue weighted by Crippen LogP contribution is -2.37. The zero-order valence-electron chi connectivity index (χ0n) is 10.9. The van der Waals surface area contributed by atoms with E-state index in [2.05, 4.69) is 30.7 Å². The topological polar surface area (TPSA) is 41.1 Å². The van der Waals surface area contributed by atoms with Gasteiger partial charge >= 0.3 is 0 Å². The van der Waals surface area contributed by atoms with Crippen molar-refractivity contribution in [1.82, 2.24) is 5.32 Å². The molecule has 0 fully saturated rings. The van der Waals surface area contributed by atoms with Crippen LogP contribution in [0.4, 0.5) is 5.69 Å². The molecule has 3 nitrogen and oxygen atoms in total. The van der Waals surface area contributed by atoms with Crippen LogP contribution in [0.5, 0.6) is 0 Å². The molecular weight excluding hydrogens is 268 g/mol. The molecule has 1 aromatic rings. The van der Waals surface area contributed by atoms with Crippen LogP contribution in [0.15, 0.2) is 24.3 Å². The summed E-state index contributed by atoms with van der Waals surface area (Å²) in [6.07, 6.45) is 2.06. The molecule has 0 bridgehead atoms. The number of amides is 1. The Morgan fingerprint density at radius 3 is 2.50 bits per heavy atom. The minimum absolute atomic E-state index is 0.0470. The molecule has 0 spiro atoms. The number of thioether (sulfide) groups is 1. The van der Waals surface area contributed by atoms with Crippen LogP contribution >= 0.6 is 23.4 Å². The molecule has 5 heteroatoms. The van der Waals surface area contributed by atoms with E-state index >= 15 is 0 Å². The standard InChI is InChI=1S/C13H19ClN2OS/c1-13(2,18-3)9-15-8-12(17)16-11-6-4-10(14)5-7-11/h4-7,15H,8-9H2,1-3H3,(H,16,17). The fraction of sp³-hybridized carbons (Fsp3) is 0.462. The Morgan fingerprint density at radius 1 is 1.33 bits per heavy atom. The van der Waals surface area contributed by atoms with Gasteiger partial charge in [0.15, 0.2) is 0 Å². The molecule has 0 aliphatic rings. The normalized spacial score (nSPS) is 11.3. The first kappa shape index (κ1) is 15.3. The number of carbonyl (C=O) groups is 1. The van der Waals surface area contributed by atoms with Crippen molar-refractivity contribution in [3.8, 4) is 0 Å². The number of rotatable bonds is 6. The molecule has 1 aromatic carbocycles.